The van der Waals surface area contributed by atoms with Gasteiger partial charge in [0.1, 0.15) is 10.6 Å². The lowest BCUT2D eigenvalue weighted by Crippen LogP contribution is -2.45. The molecule has 1 aliphatic carbocycles. The third-order valence-corrected chi connectivity index (χ3v) is 4.10. The molecule has 0 amide bonds. The summed E-state index contributed by atoms with van der Waals surface area (Å²) in [6.45, 7) is 4.32. The van der Waals surface area contributed by atoms with E-state index in [-0.39, 0.29) is 16.0 Å². The number of halogens is 1. The third-order valence-electron chi connectivity index (χ3n) is 2.84. The van der Waals surface area contributed by atoms with Crippen LogP contribution in [0, 0.1) is 22.6 Å². The van der Waals surface area contributed by atoms with Crippen molar-refractivity contribution < 1.29 is 4.39 Å². The Morgan fingerprint density at radius 1 is 1.38 bits per heavy atom. The van der Waals surface area contributed by atoms with E-state index >= 15 is 0 Å². The zero-order valence-electron chi connectivity index (χ0n) is 9.46. The molecule has 0 aliphatic heterocycles. The first kappa shape index (κ1) is 11.5. The van der Waals surface area contributed by atoms with E-state index in [4.69, 9.17) is 0 Å². The summed E-state index contributed by atoms with van der Waals surface area (Å²) in [6, 6.07) is 8.84. The molecule has 0 N–H and O–H groups in total. The number of hydrogen-bond acceptors (Lipinski definition) is 2. The second-order valence-electron chi connectivity index (χ2n) is 5.18. The molecule has 0 atom stereocenters. The summed E-state index contributed by atoms with van der Waals surface area (Å²) in [5.41, 5.74) is 0.246. The lowest BCUT2D eigenvalue weighted by Gasteiger charge is -2.48. The first-order valence-electron chi connectivity index (χ1n) is 5.31. The highest BCUT2D eigenvalue weighted by molar-refractivity contribution is 8.01. The summed E-state index contributed by atoms with van der Waals surface area (Å²) in [5.74, 6) is -0.239. The number of thioether (sulfide) groups is 1. The van der Waals surface area contributed by atoms with Crippen molar-refractivity contribution in [3.63, 3.8) is 0 Å². The fraction of sp³-hybridized carbons (Fsp3) is 0.462. The van der Waals surface area contributed by atoms with Crippen molar-refractivity contribution in [2.45, 2.75) is 36.3 Å². The maximum absolute atomic E-state index is 13.0. The van der Waals surface area contributed by atoms with Gasteiger partial charge in [0.2, 0.25) is 0 Å². The van der Waals surface area contributed by atoms with E-state index < -0.39 is 0 Å². The summed E-state index contributed by atoms with van der Waals surface area (Å²) in [5, 5.41) is 9.23. The molecule has 16 heavy (non-hydrogen) atoms. The second-order valence-corrected chi connectivity index (χ2v) is 6.64. The average molecular weight is 235 g/mol. The Morgan fingerprint density at radius 2 is 2.06 bits per heavy atom. The molecule has 3 heteroatoms. The predicted molar refractivity (Wildman–Crippen MR) is 63.6 cm³/mol. The van der Waals surface area contributed by atoms with Gasteiger partial charge in [-0.15, -0.1) is 11.8 Å². The summed E-state index contributed by atoms with van der Waals surface area (Å²) in [6.07, 6.45) is 1.75. The van der Waals surface area contributed by atoms with Crippen molar-refractivity contribution in [2.24, 2.45) is 5.41 Å². The van der Waals surface area contributed by atoms with Gasteiger partial charge in [-0.1, -0.05) is 19.9 Å². The number of benzene rings is 1. The van der Waals surface area contributed by atoms with E-state index in [1.54, 1.807) is 6.07 Å². The molecule has 2 rings (SSSR count). The Bertz CT molecular complexity index is 439. The van der Waals surface area contributed by atoms with E-state index in [0.29, 0.717) is 0 Å². The van der Waals surface area contributed by atoms with E-state index in [1.807, 2.05) is 6.07 Å². The highest BCUT2D eigenvalue weighted by atomic mass is 32.2. The highest BCUT2D eigenvalue weighted by Gasteiger charge is 2.50. The molecule has 1 nitrogen and oxygen atoms in total. The Balaban J connectivity index is 2.13. The molecule has 0 spiro atoms. The molecular weight excluding hydrogens is 221 g/mol. The molecule has 1 aromatic carbocycles. The standard InChI is InChI=1S/C13H14FNS/c1-12(2)7-13(8-12,9-15)16-11-5-3-4-10(14)6-11/h3-6H,7-8H2,1-2H3. The van der Waals surface area contributed by atoms with Crippen LogP contribution in [0.2, 0.25) is 0 Å². The van der Waals surface area contributed by atoms with Gasteiger partial charge in [-0.05, 0) is 36.5 Å². The van der Waals surface area contributed by atoms with Crippen molar-refractivity contribution in [1.82, 2.24) is 0 Å². The first-order valence-corrected chi connectivity index (χ1v) is 6.12. The number of rotatable bonds is 2. The van der Waals surface area contributed by atoms with E-state index in [0.717, 1.165) is 17.7 Å². The highest BCUT2D eigenvalue weighted by Crippen LogP contribution is 2.56. The quantitative estimate of drug-likeness (QED) is 0.773. The van der Waals surface area contributed by atoms with Crippen molar-refractivity contribution in [3.05, 3.63) is 30.1 Å². The minimum Gasteiger partial charge on any atom is -0.207 e. The minimum atomic E-state index is -0.350. The Kier molecular flexibility index (Phi) is 2.71. The van der Waals surface area contributed by atoms with Gasteiger partial charge in [0.25, 0.3) is 0 Å². The zero-order chi connectivity index (χ0) is 11.8. The normalized spacial score (nSPS) is 20.9. The van der Waals surface area contributed by atoms with Crippen molar-refractivity contribution >= 4 is 11.8 Å². The van der Waals surface area contributed by atoms with E-state index in [1.165, 1.54) is 23.9 Å². The van der Waals surface area contributed by atoms with Crippen molar-refractivity contribution in [3.8, 4) is 6.07 Å². The molecule has 1 fully saturated rings. The number of hydrogen-bond donors (Lipinski definition) is 0. The maximum Gasteiger partial charge on any atom is 0.124 e. The topological polar surface area (TPSA) is 23.8 Å². The second kappa shape index (κ2) is 3.78. The van der Waals surface area contributed by atoms with Crippen LogP contribution in [0.4, 0.5) is 4.39 Å². The molecule has 0 heterocycles. The molecule has 84 valence electrons. The van der Waals surface area contributed by atoms with Gasteiger partial charge in [-0.3, -0.25) is 0 Å². The Labute approximate surface area is 99.7 Å². The average Bonchev–Trinajstić information content (AvgIpc) is 2.14. The molecular formula is C13H14FNS. The molecule has 0 saturated heterocycles. The van der Waals surface area contributed by atoms with Crippen molar-refractivity contribution in [1.29, 1.82) is 5.26 Å². The van der Waals surface area contributed by atoms with Crippen LogP contribution in [0.25, 0.3) is 0 Å². The molecule has 0 aromatic heterocycles. The van der Waals surface area contributed by atoms with Gasteiger partial charge < -0.3 is 0 Å². The molecule has 0 radical (unpaired) electrons. The van der Waals surface area contributed by atoms with Gasteiger partial charge in [-0.25, -0.2) is 4.39 Å². The number of nitrogens with zero attached hydrogens (tertiary/aromatic N) is 1. The Morgan fingerprint density at radius 3 is 2.56 bits per heavy atom. The molecule has 1 saturated carbocycles. The summed E-state index contributed by atoms with van der Waals surface area (Å²) >= 11 is 1.49. The van der Waals surface area contributed by atoms with Crippen LogP contribution in [0.1, 0.15) is 26.7 Å². The molecule has 1 aliphatic rings. The van der Waals surface area contributed by atoms with E-state index in [9.17, 15) is 9.65 Å². The smallest absolute Gasteiger partial charge is 0.124 e. The summed E-state index contributed by atoms with van der Waals surface area (Å²) in [7, 11) is 0. The summed E-state index contributed by atoms with van der Waals surface area (Å²) in [4.78, 5) is 0.844. The van der Waals surface area contributed by atoms with Gasteiger partial charge in [-0.2, -0.15) is 5.26 Å². The van der Waals surface area contributed by atoms with Gasteiger partial charge >= 0.3 is 0 Å². The van der Waals surface area contributed by atoms with Crippen LogP contribution in [0.15, 0.2) is 29.2 Å². The Hall–Kier alpha value is -1.01. The van der Waals surface area contributed by atoms with Crippen LogP contribution in [0.5, 0.6) is 0 Å². The molecule has 0 bridgehead atoms. The molecule has 0 unspecified atom stereocenters. The van der Waals surface area contributed by atoms with Crippen LogP contribution in [-0.4, -0.2) is 4.75 Å². The van der Waals surface area contributed by atoms with Crippen molar-refractivity contribution in [2.75, 3.05) is 0 Å². The minimum absolute atomic E-state index is 0.239. The maximum atomic E-state index is 13.0. The predicted octanol–water partition coefficient (Wildman–Crippen LogP) is 4.00. The fourth-order valence-corrected chi connectivity index (χ4v) is 4.17. The van der Waals surface area contributed by atoms with Crippen LogP contribution in [0.3, 0.4) is 0 Å². The van der Waals surface area contributed by atoms with E-state index in [2.05, 4.69) is 19.9 Å². The SMILES string of the molecule is CC1(C)CC(C#N)(Sc2cccc(F)c2)C1. The number of nitriles is 1. The monoisotopic (exact) mass is 235 g/mol. The van der Waals surface area contributed by atoms with Gasteiger partial charge in [0, 0.05) is 4.90 Å². The third kappa shape index (κ3) is 2.22. The molecule has 1 aromatic rings. The fourth-order valence-electron chi connectivity index (χ4n) is 2.42. The van der Waals surface area contributed by atoms with Crippen LogP contribution in [-0.2, 0) is 0 Å². The van der Waals surface area contributed by atoms with Gasteiger partial charge in [0.15, 0.2) is 0 Å². The largest absolute Gasteiger partial charge is 0.207 e. The lowest BCUT2D eigenvalue weighted by atomic mass is 9.64. The summed E-state index contributed by atoms with van der Waals surface area (Å²) < 4.78 is 12.7. The van der Waals surface area contributed by atoms with Gasteiger partial charge in [0.05, 0.1) is 6.07 Å². The lowest BCUT2D eigenvalue weighted by molar-refractivity contribution is 0.162. The van der Waals surface area contributed by atoms with Crippen LogP contribution >= 0.6 is 11.8 Å². The van der Waals surface area contributed by atoms with Crippen LogP contribution < -0.4 is 0 Å². The first-order chi connectivity index (χ1) is 7.45. The zero-order valence-corrected chi connectivity index (χ0v) is 10.3.